The minimum absolute atomic E-state index is 0.0454. The predicted octanol–water partition coefficient (Wildman–Crippen LogP) is 6.47. The number of nitrogens with zero attached hydrogens (tertiary/aromatic N) is 1. The number of fused-ring (bicyclic) bond motifs is 3. The van der Waals surface area contributed by atoms with Crippen LogP contribution in [0.15, 0.2) is 12.1 Å². The number of rotatable bonds is 18. The van der Waals surface area contributed by atoms with Crippen LogP contribution in [0.5, 0.6) is 11.5 Å². The second-order valence-corrected chi connectivity index (χ2v) is 17.6. The Morgan fingerprint density at radius 3 is 2.15 bits per heavy atom. The topological polar surface area (TPSA) is 114 Å². The van der Waals surface area contributed by atoms with Gasteiger partial charge in [0.1, 0.15) is 17.8 Å². The third-order valence-electron chi connectivity index (χ3n) is 14.4. The molecule has 4 aliphatic carbocycles. The molecule has 0 aromatic heterocycles. The van der Waals surface area contributed by atoms with E-state index in [1.165, 1.54) is 12.8 Å². The summed E-state index contributed by atoms with van der Waals surface area (Å²) in [4.78, 5) is 15.9. The summed E-state index contributed by atoms with van der Waals surface area (Å²) in [5, 5.41) is 12.6. The van der Waals surface area contributed by atoms with Crippen molar-refractivity contribution in [2.24, 2.45) is 22.7 Å². The molecule has 53 heavy (non-hydrogen) atoms. The highest BCUT2D eigenvalue weighted by molar-refractivity contribution is 5.69. The second-order valence-electron chi connectivity index (χ2n) is 17.6. The van der Waals surface area contributed by atoms with Gasteiger partial charge < -0.3 is 43.0 Å². The molecule has 2 aliphatic heterocycles. The van der Waals surface area contributed by atoms with E-state index in [1.54, 1.807) is 7.11 Å². The molecule has 2 spiro atoms. The molecule has 2 bridgehead atoms. The van der Waals surface area contributed by atoms with Crippen LogP contribution in [-0.2, 0) is 33.8 Å². The number of aliphatic hydroxyl groups is 1. The quantitative estimate of drug-likeness (QED) is 0.101. The van der Waals surface area contributed by atoms with Gasteiger partial charge in [0.25, 0.3) is 0 Å². The molecule has 1 aromatic carbocycles. The minimum atomic E-state index is -1.05. The Kier molecular flexibility index (Phi) is 11.9. The summed E-state index contributed by atoms with van der Waals surface area (Å²) in [5.41, 5.74) is -1.46. The van der Waals surface area contributed by atoms with Crippen molar-refractivity contribution in [1.29, 1.82) is 0 Å². The molecule has 4 saturated carbocycles. The number of piperidine rings is 1. The first kappa shape index (κ1) is 40.7. The Morgan fingerprint density at radius 2 is 1.57 bits per heavy atom. The van der Waals surface area contributed by atoms with Gasteiger partial charge in [-0.2, -0.15) is 0 Å². The molecule has 1 N–H and O–H groups in total. The number of methoxy groups -OCH3 is 1. The van der Waals surface area contributed by atoms with Crippen LogP contribution in [0.25, 0.3) is 0 Å². The maximum Gasteiger partial charge on any atom is 0.514 e. The van der Waals surface area contributed by atoms with Gasteiger partial charge in [0.15, 0.2) is 11.5 Å². The lowest BCUT2D eigenvalue weighted by Gasteiger charge is -2.77. The zero-order valence-electron chi connectivity index (χ0n) is 34.0. The van der Waals surface area contributed by atoms with Gasteiger partial charge >= 0.3 is 6.16 Å². The van der Waals surface area contributed by atoms with Crippen molar-refractivity contribution < 1.29 is 47.8 Å². The lowest BCUT2D eigenvalue weighted by Crippen LogP contribution is -2.86. The molecule has 7 unspecified atom stereocenters. The molecule has 2 heterocycles. The molecule has 1 aromatic rings. The van der Waals surface area contributed by atoms with Gasteiger partial charge in [0, 0.05) is 43.2 Å². The van der Waals surface area contributed by atoms with Crippen molar-refractivity contribution in [3.8, 4) is 11.5 Å². The van der Waals surface area contributed by atoms with E-state index in [2.05, 4.69) is 52.5 Å². The normalized spacial score (nSPS) is 33.1. The first-order chi connectivity index (χ1) is 25.2. The van der Waals surface area contributed by atoms with Crippen molar-refractivity contribution in [2.45, 2.75) is 122 Å². The highest BCUT2D eigenvalue weighted by Gasteiger charge is 2.85. The van der Waals surface area contributed by atoms with Crippen molar-refractivity contribution in [2.75, 3.05) is 79.7 Å². The largest absolute Gasteiger partial charge is 0.514 e. The SMILES string of the molecule is CCOCCOCCOCCOCCOC(=O)Oc1ccc(C)c2c1OC1(C)C3(OC)CCC4(CC3C(C)(O)C(C)(C)C)C(C)N(CC3CC3)CCC241. The highest BCUT2D eigenvalue weighted by Crippen LogP contribution is 2.80. The summed E-state index contributed by atoms with van der Waals surface area (Å²) in [6.07, 6.45) is 5.28. The van der Waals surface area contributed by atoms with Gasteiger partial charge in [-0.1, -0.05) is 26.8 Å². The van der Waals surface area contributed by atoms with Crippen LogP contribution in [0.2, 0.25) is 0 Å². The number of ether oxygens (including phenoxy) is 8. The van der Waals surface area contributed by atoms with Crippen LogP contribution in [0.1, 0.15) is 98.1 Å². The maximum absolute atomic E-state index is 13.2. The first-order valence-electron chi connectivity index (χ1n) is 20.2. The van der Waals surface area contributed by atoms with Crippen molar-refractivity contribution >= 4 is 6.16 Å². The lowest BCUT2D eigenvalue weighted by atomic mass is 9.31. The lowest BCUT2D eigenvalue weighted by molar-refractivity contribution is -0.342. The number of hydrogen-bond donors (Lipinski definition) is 1. The minimum Gasteiger partial charge on any atom is -0.479 e. The van der Waals surface area contributed by atoms with Gasteiger partial charge in [-0.3, -0.25) is 4.90 Å². The molecule has 1 saturated heterocycles. The monoisotopic (exact) mass is 745 g/mol. The summed E-state index contributed by atoms with van der Waals surface area (Å²) < 4.78 is 47.4. The Morgan fingerprint density at radius 1 is 0.943 bits per heavy atom. The predicted molar refractivity (Wildman–Crippen MR) is 201 cm³/mol. The van der Waals surface area contributed by atoms with Gasteiger partial charge in [-0.15, -0.1) is 0 Å². The van der Waals surface area contributed by atoms with Gasteiger partial charge in [0.05, 0.1) is 57.3 Å². The molecule has 5 fully saturated rings. The Balaban J connectivity index is 1.20. The van der Waals surface area contributed by atoms with Crippen LogP contribution >= 0.6 is 0 Å². The molecule has 0 radical (unpaired) electrons. The number of carbonyl (C=O) groups excluding carboxylic acids is 1. The Labute approximate surface area is 317 Å². The highest BCUT2D eigenvalue weighted by atomic mass is 16.7. The van der Waals surface area contributed by atoms with E-state index < -0.39 is 33.8 Å². The summed E-state index contributed by atoms with van der Waals surface area (Å²) in [5.74, 6) is 1.54. The fraction of sp³-hybridized carbons (Fsp3) is 0.833. The van der Waals surface area contributed by atoms with E-state index >= 15 is 0 Å². The molecule has 11 nitrogen and oxygen atoms in total. The molecule has 7 atom stereocenters. The van der Waals surface area contributed by atoms with Gasteiger partial charge in [-0.05, 0) is 103 Å². The Hall–Kier alpha value is -1.99. The number of hydrogen-bond acceptors (Lipinski definition) is 11. The van der Waals surface area contributed by atoms with Crippen molar-refractivity contribution in [3.63, 3.8) is 0 Å². The maximum atomic E-state index is 13.2. The standard InChI is InChI=1S/C42H67NO10/c1-10-47-19-20-48-21-22-49-23-24-50-25-26-51-36(44)52-32-14-11-29(2)34-35(32)53-39(8)41(34)17-18-43(28-31-12-13-31)30(3)40(41)15-16-42(39,46-9)33(27-40)38(7,45)37(4,5)6/h11,14,30-31,33,45H,10,12-13,15-28H2,1-9H3. The fourth-order valence-corrected chi connectivity index (χ4v) is 11.1. The molecular weight excluding hydrogens is 678 g/mol. The average molecular weight is 746 g/mol. The van der Waals surface area contributed by atoms with Crippen LogP contribution in [0, 0.1) is 29.6 Å². The van der Waals surface area contributed by atoms with Gasteiger partial charge in [0.2, 0.25) is 0 Å². The van der Waals surface area contributed by atoms with Crippen LogP contribution < -0.4 is 9.47 Å². The molecule has 7 rings (SSSR count). The van der Waals surface area contributed by atoms with E-state index in [0.29, 0.717) is 57.7 Å². The van der Waals surface area contributed by atoms with Crippen molar-refractivity contribution in [3.05, 3.63) is 23.3 Å². The number of benzene rings is 1. The van der Waals surface area contributed by atoms with E-state index in [-0.39, 0.29) is 30.6 Å². The van der Waals surface area contributed by atoms with E-state index in [9.17, 15) is 9.90 Å². The third-order valence-corrected chi connectivity index (χ3v) is 14.4. The zero-order valence-corrected chi connectivity index (χ0v) is 34.0. The molecule has 300 valence electrons. The second kappa shape index (κ2) is 15.5. The molecule has 0 amide bonds. The fourth-order valence-electron chi connectivity index (χ4n) is 11.1. The smallest absolute Gasteiger partial charge is 0.479 e. The van der Waals surface area contributed by atoms with Crippen LogP contribution in [0.3, 0.4) is 0 Å². The molecular formula is C42H67NO10. The Bertz CT molecular complexity index is 1440. The molecule has 11 heteroatoms. The van der Waals surface area contributed by atoms with Crippen molar-refractivity contribution in [1.82, 2.24) is 4.90 Å². The number of aryl methyl sites for hydroxylation is 1. The average Bonchev–Trinajstić information content (AvgIpc) is 3.88. The summed E-state index contributed by atoms with van der Waals surface area (Å²) >= 11 is 0. The number of likely N-dealkylation sites (tertiary alicyclic amines) is 1. The van der Waals surface area contributed by atoms with Crippen LogP contribution in [0.4, 0.5) is 4.79 Å². The molecule has 6 aliphatic rings. The number of carbonyl (C=O) groups is 1. The van der Waals surface area contributed by atoms with E-state index in [0.717, 1.165) is 55.8 Å². The van der Waals surface area contributed by atoms with Crippen LogP contribution in [-0.4, -0.2) is 119 Å². The summed E-state index contributed by atoms with van der Waals surface area (Å²) in [6.45, 7) is 23.1. The first-order valence-corrected chi connectivity index (χ1v) is 20.2. The summed E-state index contributed by atoms with van der Waals surface area (Å²) in [7, 11) is 1.80. The zero-order chi connectivity index (χ0) is 38.3. The van der Waals surface area contributed by atoms with Gasteiger partial charge in [-0.25, -0.2) is 4.79 Å². The van der Waals surface area contributed by atoms with E-state index in [1.807, 2.05) is 19.9 Å². The summed E-state index contributed by atoms with van der Waals surface area (Å²) in [6, 6.07) is 4.14. The third kappa shape index (κ3) is 6.72. The van der Waals surface area contributed by atoms with E-state index in [4.69, 9.17) is 37.9 Å².